The second-order valence-electron chi connectivity index (χ2n) is 4.91. The molecule has 6 nitrogen and oxygen atoms in total. The van der Waals surface area contributed by atoms with E-state index in [1.54, 1.807) is 18.2 Å². The number of nitrogens with zero attached hydrogens (tertiary/aromatic N) is 4. The van der Waals surface area contributed by atoms with E-state index in [0.717, 1.165) is 11.3 Å². The second kappa shape index (κ2) is 6.17. The highest BCUT2D eigenvalue weighted by Crippen LogP contribution is 2.14. The predicted molar refractivity (Wildman–Crippen MR) is 81.5 cm³/mol. The van der Waals surface area contributed by atoms with E-state index in [9.17, 15) is 4.79 Å². The van der Waals surface area contributed by atoms with Gasteiger partial charge in [0.15, 0.2) is 0 Å². The van der Waals surface area contributed by atoms with Crippen LogP contribution in [0.5, 0.6) is 0 Å². The lowest BCUT2D eigenvalue weighted by Gasteiger charge is -2.14. The van der Waals surface area contributed by atoms with Crippen molar-refractivity contribution in [3.8, 4) is 5.69 Å². The molecule has 3 aromatic rings. The minimum absolute atomic E-state index is 0.0645. The topological polar surface area (TPSA) is 72.7 Å². The minimum Gasteiger partial charge on any atom is -0.346 e. The highest BCUT2D eigenvalue weighted by Gasteiger charge is 2.12. The predicted octanol–water partition coefficient (Wildman–Crippen LogP) is 2.15. The molecule has 1 N–H and O–H groups in total. The van der Waals surface area contributed by atoms with Crippen LogP contribution in [0.15, 0.2) is 60.9 Å². The van der Waals surface area contributed by atoms with Crippen molar-refractivity contribution in [1.29, 1.82) is 0 Å². The first-order chi connectivity index (χ1) is 10.7. The molecule has 0 saturated heterocycles. The number of carbonyl (C=O) groups excluding carboxylic acids is 1. The maximum atomic E-state index is 12.4. The second-order valence-corrected chi connectivity index (χ2v) is 4.91. The van der Waals surface area contributed by atoms with Gasteiger partial charge >= 0.3 is 0 Å². The van der Waals surface area contributed by atoms with Gasteiger partial charge in [-0.25, -0.2) is 4.68 Å². The molecule has 6 heteroatoms. The molecule has 0 saturated carbocycles. The van der Waals surface area contributed by atoms with Gasteiger partial charge in [0, 0.05) is 5.56 Å². The third kappa shape index (κ3) is 3.01. The van der Waals surface area contributed by atoms with E-state index < -0.39 is 0 Å². The van der Waals surface area contributed by atoms with Crippen molar-refractivity contribution in [1.82, 2.24) is 25.5 Å². The Morgan fingerprint density at radius 2 is 1.95 bits per heavy atom. The lowest BCUT2D eigenvalue weighted by Crippen LogP contribution is -2.26. The van der Waals surface area contributed by atoms with Crippen LogP contribution in [0, 0.1) is 0 Å². The number of carbonyl (C=O) groups is 1. The third-order valence-corrected chi connectivity index (χ3v) is 3.37. The molecule has 1 atom stereocenters. The first kappa shape index (κ1) is 13.9. The Morgan fingerprint density at radius 3 is 2.68 bits per heavy atom. The van der Waals surface area contributed by atoms with Crippen LogP contribution in [-0.2, 0) is 0 Å². The molecule has 3 rings (SSSR count). The number of aromatic nitrogens is 4. The van der Waals surface area contributed by atoms with Gasteiger partial charge in [-0.05, 0) is 41.1 Å². The molecule has 1 heterocycles. The highest BCUT2D eigenvalue weighted by molar-refractivity contribution is 5.94. The van der Waals surface area contributed by atoms with E-state index in [1.165, 1.54) is 11.0 Å². The fourth-order valence-corrected chi connectivity index (χ4v) is 2.17. The van der Waals surface area contributed by atoms with Crippen LogP contribution in [0.3, 0.4) is 0 Å². The fourth-order valence-electron chi connectivity index (χ4n) is 2.17. The molecular weight excluding hydrogens is 278 g/mol. The van der Waals surface area contributed by atoms with Gasteiger partial charge in [-0.15, -0.1) is 5.10 Å². The molecule has 0 aliphatic carbocycles. The summed E-state index contributed by atoms with van der Waals surface area (Å²) in [6.07, 6.45) is 1.49. The lowest BCUT2D eigenvalue weighted by atomic mass is 10.1. The van der Waals surface area contributed by atoms with Crippen LogP contribution in [0.25, 0.3) is 5.69 Å². The number of rotatable bonds is 4. The van der Waals surface area contributed by atoms with Crippen molar-refractivity contribution in [3.05, 3.63) is 72.1 Å². The molecule has 0 radical (unpaired) electrons. The molecule has 0 spiro atoms. The number of hydrogen-bond donors (Lipinski definition) is 1. The molecule has 110 valence electrons. The summed E-state index contributed by atoms with van der Waals surface area (Å²) in [6, 6.07) is 16.9. The molecule has 0 aliphatic heterocycles. The maximum Gasteiger partial charge on any atom is 0.251 e. The van der Waals surface area contributed by atoms with E-state index in [2.05, 4.69) is 20.8 Å². The number of hydrogen-bond acceptors (Lipinski definition) is 4. The zero-order chi connectivity index (χ0) is 15.4. The zero-order valence-electron chi connectivity index (χ0n) is 12.0. The third-order valence-electron chi connectivity index (χ3n) is 3.37. The number of tetrazole rings is 1. The Kier molecular flexibility index (Phi) is 3.91. The van der Waals surface area contributed by atoms with Gasteiger partial charge < -0.3 is 5.32 Å². The van der Waals surface area contributed by atoms with Crippen LogP contribution in [0.1, 0.15) is 28.9 Å². The van der Waals surface area contributed by atoms with Crippen LogP contribution >= 0.6 is 0 Å². The van der Waals surface area contributed by atoms with E-state index in [1.807, 2.05) is 43.3 Å². The van der Waals surface area contributed by atoms with Crippen LogP contribution in [0.4, 0.5) is 0 Å². The smallest absolute Gasteiger partial charge is 0.251 e. The first-order valence-corrected chi connectivity index (χ1v) is 6.93. The monoisotopic (exact) mass is 293 g/mol. The summed E-state index contributed by atoms with van der Waals surface area (Å²) in [5, 5.41) is 14.0. The largest absolute Gasteiger partial charge is 0.346 e. The first-order valence-electron chi connectivity index (χ1n) is 6.93. The van der Waals surface area contributed by atoms with Gasteiger partial charge in [0.1, 0.15) is 6.33 Å². The van der Waals surface area contributed by atoms with E-state index in [4.69, 9.17) is 0 Å². The van der Waals surface area contributed by atoms with Crippen molar-refractivity contribution in [3.63, 3.8) is 0 Å². The molecule has 0 fully saturated rings. The van der Waals surface area contributed by atoms with Crippen molar-refractivity contribution < 1.29 is 4.79 Å². The van der Waals surface area contributed by atoms with Crippen LogP contribution in [-0.4, -0.2) is 26.1 Å². The molecule has 0 aliphatic rings. The quantitative estimate of drug-likeness (QED) is 0.800. The molecular formula is C16H15N5O. The average molecular weight is 293 g/mol. The van der Waals surface area contributed by atoms with Gasteiger partial charge in [0.05, 0.1) is 11.7 Å². The molecule has 2 aromatic carbocycles. The summed E-state index contributed by atoms with van der Waals surface area (Å²) >= 11 is 0. The van der Waals surface area contributed by atoms with Crippen molar-refractivity contribution >= 4 is 5.91 Å². The lowest BCUT2D eigenvalue weighted by molar-refractivity contribution is 0.0940. The Balaban J connectivity index is 1.77. The normalized spacial score (nSPS) is 11.9. The highest BCUT2D eigenvalue weighted by atomic mass is 16.1. The molecule has 22 heavy (non-hydrogen) atoms. The number of nitrogens with one attached hydrogen (secondary N) is 1. The minimum atomic E-state index is -0.133. The number of benzene rings is 2. The van der Waals surface area contributed by atoms with Gasteiger partial charge in [-0.3, -0.25) is 4.79 Å². The molecule has 0 bridgehead atoms. The Bertz CT molecular complexity index is 755. The van der Waals surface area contributed by atoms with E-state index in [0.29, 0.717) is 5.56 Å². The van der Waals surface area contributed by atoms with Gasteiger partial charge in [0.25, 0.3) is 5.91 Å². The molecule has 1 aromatic heterocycles. The molecule has 0 unspecified atom stereocenters. The van der Waals surface area contributed by atoms with Gasteiger partial charge in [-0.1, -0.05) is 36.4 Å². The fraction of sp³-hybridized carbons (Fsp3) is 0.125. The summed E-state index contributed by atoms with van der Waals surface area (Å²) in [6.45, 7) is 1.96. The average Bonchev–Trinajstić information content (AvgIpc) is 3.10. The summed E-state index contributed by atoms with van der Waals surface area (Å²) in [4.78, 5) is 12.4. The standard InChI is InChI=1S/C16H15N5O/c1-12(13-6-3-2-4-7-13)18-16(22)14-8-5-9-15(10-14)21-11-17-19-20-21/h2-12H,1H3,(H,18,22)/t12-/m0/s1. The maximum absolute atomic E-state index is 12.4. The zero-order valence-corrected chi connectivity index (χ0v) is 12.0. The molecule has 1 amide bonds. The van der Waals surface area contributed by atoms with Crippen LogP contribution < -0.4 is 5.32 Å². The van der Waals surface area contributed by atoms with Crippen molar-refractivity contribution in [2.45, 2.75) is 13.0 Å². The van der Waals surface area contributed by atoms with E-state index in [-0.39, 0.29) is 11.9 Å². The van der Waals surface area contributed by atoms with Gasteiger partial charge in [0.2, 0.25) is 0 Å². The Labute approximate surface area is 127 Å². The number of amides is 1. The van der Waals surface area contributed by atoms with Gasteiger partial charge in [-0.2, -0.15) is 0 Å². The van der Waals surface area contributed by atoms with Crippen molar-refractivity contribution in [2.24, 2.45) is 0 Å². The Morgan fingerprint density at radius 1 is 1.14 bits per heavy atom. The summed E-state index contributed by atoms with van der Waals surface area (Å²) < 4.78 is 1.51. The van der Waals surface area contributed by atoms with Crippen molar-refractivity contribution in [2.75, 3.05) is 0 Å². The van der Waals surface area contributed by atoms with E-state index >= 15 is 0 Å². The summed E-state index contributed by atoms with van der Waals surface area (Å²) in [7, 11) is 0. The Hall–Kier alpha value is -3.02. The summed E-state index contributed by atoms with van der Waals surface area (Å²) in [5.41, 5.74) is 2.37. The van der Waals surface area contributed by atoms with Crippen LogP contribution in [0.2, 0.25) is 0 Å². The summed E-state index contributed by atoms with van der Waals surface area (Å²) in [5.74, 6) is -0.133. The SMILES string of the molecule is C[C@H](NC(=O)c1cccc(-n2cnnn2)c1)c1ccccc1.